The van der Waals surface area contributed by atoms with E-state index in [1.807, 2.05) is 35.2 Å². The molecule has 2 amide bonds. The molecule has 8 nitrogen and oxygen atoms in total. The van der Waals surface area contributed by atoms with E-state index in [4.69, 9.17) is 5.73 Å². The summed E-state index contributed by atoms with van der Waals surface area (Å²) in [5.74, 6) is -0.338. The predicted molar refractivity (Wildman–Crippen MR) is 113 cm³/mol. The minimum absolute atomic E-state index is 0.110. The first-order valence-electron chi connectivity index (χ1n) is 9.62. The van der Waals surface area contributed by atoms with Gasteiger partial charge in [0.2, 0.25) is 0 Å². The number of piperazine rings is 1. The van der Waals surface area contributed by atoms with Gasteiger partial charge in [0, 0.05) is 38.1 Å². The molecule has 30 heavy (non-hydrogen) atoms. The normalized spacial score (nSPS) is 13.9. The number of hydrogen-bond donors (Lipinski definition) is 2. The molecule has 0 radical (unpaired) electrons. The lowest BCUT2D eigenvalue weighted by molar-refractivity contribution is 0.0744. The number of primary amides is 1. The van der Waals surface area contributed by atoms with Crippen LogP contribution in [0.1, 0.15) is 20.7 Å². The van der Waals surface area contributed by atoms with Gasteiger partial charge >= 0.3 is 0 Å². The van der Waals surface area contributed by atoms with Crippen molar-refractivity contribution in [1.29, 1.82) is 0 Å². The van der Waals surface area contributed by atoms with Crippen molar-refractivity contribution in [2.24, 2.45) is 5.73 Å². The molecule has 1 aliphatic rings. The van der Waals surface area contributed by atoms with Crippen LogP contribution < -0.4 is 16.2 Å². The molecule has 152 valence electrons. The average Bonchev–Trinajstić information content (AvgIpc) is 2.79. The van der Waals surface area contributed by atoms with E-state index in [1.165, 1.54) is 0 Å². The van der Waals surface area contributed by atoms with E-state index >= 15 is 0 Å². The summed E-state index contributed by atoms with van der Waals surface area (Å²) in [5.41, 5.74) is 7.03. The van der Waals surface area contributed by atoms with E-state index in [9.17, 15) is 14.4 Å². The highest BCUT2D eigenvalue weighted by molar-refractivity contribution is 5.98. The number of rotatable bonds is 4. The summed E-state index contributed by atoms with van der Waals surface area (Å²) in [6.45, 7) is 1.80. The van der Waals surface area contributed by atoms with Crippen molar-refractivity contribution >= 4 is 17.6 Å². The fourth-order valence-electron chi connectivity index (χ4n) is 3.56. The lowest BCUT2D eigenvalue weighted by Crippen LogP contribution is -2.50. The SMILES string of the molecule is NC(=O)c1cccnc1N1CCN(C(=O)c2ccc(-c3ccccc3)[nH]c2=O)CC1. The molecule has 3 heterocycles. The number of hydrogen-bond acceptors (Lipinski definition) is 5. The second-order valence-electron chi connectivity index (χ2n) is 7.00. The van der Waals surface area contributed by atoms with Crippen LogP contribution in [0.4, 0.5) is 5.82 Å². The smallest absolute Gasteiger partial charge is 0.261 e. The topological polar surface area (TPSA) is 112 Å². The van der Waals surface area contributed by atoms with Crippen LogP contribution >= 0.6 is 0 Å². The largest absolute Gasteiger partial charge is 0.365 e. The summed E-state index contributed by atoms with van der Waals surface area (Å²) in [4.78, 5) is 47.7. The third-order valence-corrected chi connectivity index (χ3v) is 5.14. The number of anilines is 1. The predicted octanol–water partition coefficient (Wildman–Crippen LogP) is 1.50. The summed E-state index contributed by atoms with van der Waals surface area (Å²) in [6.07, 6.45) is 1.60. The monoisotopic (exact) mass is 403 g/mol. The van der Waals surface area contributed by atoms with Crippen molar-refractivity contribution in [3.63, 3.8) is 0 Å². The zero-order chi connectivity index (χ0) is 21.1. The molecule has 1 saturated heterocycles. The van der Waals surface area contributed by atoms with Crippen LogP contribution in [0.5, 0.6) is 0 Å². The van der Waals surface area contributed by atoms with E-state index in [0.717, 1.165) is 5.56 Å². The molecule has 3 aromatic rings. The van der Waals surface area contributed by atoms with Gasteiger partial charge in [-0.3, -0.25) is 14.4 Å². The standard InChI is InChI=1S/C22H21N5O3/c23-19(28)16-7-4-10-24-20(16)26-11-13-27(14-12-26)22(30)17-8-9-18(25-21(17)29)15-5-2-1-3-6-15/h1-10H,11-14H2,(H2,23,28)(H,25,29). The van der Waals surface area contributed by atoms with Gasteiger partial charge in [-0.1, -0.05) is 30.3 Å². The van der Waals surface area contributed by atoms with E-state index in [-0.39, 0.29) is 11.5 Å². The van der Waals surface area contributed by atoms with Gasteiger partial charge in [0.05, 0.1) is 5.56 Å². The summed E-state index contributed by atoms with van der Waals surface area (Å²) in [5, 5.41) is 0. The Hall–Kier alpha value is -3.94. The van der Waals surface area contributed by atoms with Crippen molar-refractivity contribution in [1.82, 2.24) is 14.9 Å². The van der Waals surface area contributed by atoms with Gasteiger partial charge in [0.1, 0.15) is 11.4 Å². The molecule has 2 aromatic heterocycles. The van der Waals surface area contributed by atoms with Crippen LogP contribution in [0.2, 0.25) is 0 Å². The van der Waals surface area contributed by atoms with Crippen LogP contribution in [-0.2, 0) is 0 Å². The third-order valence-electron chi connectivity index (χ3n) is 5.14. The number of nitrogens with two attached hydrogens (primary N) is 1. The Morgan fingerprint density at radius 2 is 1.63 bits per heavy atom. The fourth-order valence-corrected chi connectivity index (χ4v) is 3.56. The van der Waals surface area contributed by atoms with Crippen LogP contribution in [0.15, 0.2) is 65.6 Å². The Morgan fingerprint density at radius 3 is 2.30 bits per heavy atom. The molecule has 3 N–H and O–H groups in total. The maximum absolute atomic E-state index is 12.9. The second-order valence-corrected chi connectivity index (χ2v) is 7.00. The summed E-state index contributed by atoms with van der Waals surface area (Å²) >= 11 is 0. The van der Waals surface area contributed by atoms with Gasteiger partial charge in [-0.25, -0.2) is 4.98 Å². The lowest BCUT2D eigenvalue weighted by Gasteiger charge is -2.35. The van der Waals surface area contributed by atoms with Gasteiger partial charge in [-0.2, -0.15) is 0 Å². The van der Waals surface area contributed by atoms with E-state index < -0.39 is 11.5 Å². The Kier molecular flexibility index (Phi) is 5.30. The fraction of sp³-hybridized carbons (Fsp3) is 0.182. The highest BCUT2D eigenvalue weighted by Gasteiger charge is 2.26. The maximum atomic E-state index is 12.9. The van der Waals surface area contributed by atoms with E-state index in [1.54, 1.807) is 35.4 Å². The number of H-pyrrole nitrogens is 1. The summed E-state index contributed by atoms with van der Waals surface area (Å²) in [7, 11) is 0. The van der Waals surface area contributed by atoms with Gasteiger partial charge < -0.3 is 20.5 Å². The van der Waals surface area contributed by atoms with E-state index in [0.29, 0.717) is 43.3 Å². The highest BCUT2D eigenvalue weighted by atomic mass is 16.2. The Morgan fingerprint density at radius 1 is 0.900 bits per heavy atom. The second kappa shape index (κ2) is 8.20. The number of nitrogens with one attached hydrogen (secondary N) is 1. The number of benzene rings is 1. The first-order chi connectivity index (χ1) is 14.5. The first-order valence-corrected chi connectivity index (χ1v) is 9.62. The molecule has 0 saturated carbocycles. The van der Waals surface area contributed by atoms with Crippen LogP contribution in [0.3, 0.4) is 0 Å². The summed E-state index contributed by atoms with van der Waals surface area (Å²) in [6, 6.07) is 16.1. The molecule has 1 aliphatic heterocycles. The van der Waals surface area contributed by atoms with Crippen molar-refractivity contribution in [3.8, 4) is 11.3 Å². The van der Waals surface area contributed by atoms with Gasteiger partial charge in [0.25, 0.3) is 17.4 Å². The lowest BCUT2D eigenvalue weighted by atomic mass is 10.1. The van der Waals surface area contributed by atoms with Crippen molar-refractivity contribution in [2.45, 2.75) is 0 Å². The molecule has 8 heteroatoms. The number of nitrogens with zero attached hydrogens (tertiary/aromatic N) is 3. The molecule has 0 unspecified atom stereocenters. The van der Waals surface area contributed by atoms with Gasteiger partial charge in [-0.15, -0.1) is 0 Å². The number of aromatic amines is 1. The van der Waals surface area contributed by atoms with Crippen LogP contribution in [0, 0.1) is 0 Å². The van der Waals surface area contributed by atoms with Gasteiger partial charge in [0.15, 0.2) is 0 Å². The molecule has 0 bridgehead atoms. The molecule has 4 rings (SSSR count). The number of pyridine rings is 2. The number of carbonyl (C=O) groups is 2. The average molecular weight is 403 g/mol. The van der Waals surface area contributed by atoms with Crippen LogP contribution in [-0.4, -0.2) is 52.9 Å². The Balaban J connectivity index is 1.48. The third kappa shape index (κ3) is 3.80. The van der Waals surface area contributed by atoms with E-state index in [2.05, 4.69) is 9.97 Å². The Bertz CT molecular complexity index is 1130. The maximum Gasteiger partial charge on any atom is 0.261 e. The zero-order valence-corrected chi connectivity index (χ0v) is 16.2. The first kappa shape index (κ1) is 19.4. The number of amides is 2. The Labute approximate surface area is 173 Å². The number of carbonyl (C=O) groups excluding carboxylic acids is 2. The zero-order valence-electron chi connectivity index (χ0n) is 16.2. The minimum Gasteiger partial charge on any atom is -0.365 e. The molecule has 0 spiro atoms. The molecule has 0 atom stereocenters. The molecular formula is C22H21N5O3. The number of aromatic nitrogens is 2. The molecule has 1 aromatic carbocycles. The van der Waals surface area contributed by atoms with Crippen LogP contribution in [0.25, 0.3) is 11.3 Å². The highest BCUT2D eigenvalue weighted by Crippen LogP contribution is 2.19. The molecular weight excluding hydrogens is 382 g/mol. The van der Waals surface area contributed by atoms with Crippen molar-refractivity contribution in [3.05, 3.63) is 82.3 Å². The minimum atomic E-state index is -0.540. The molecule has 1 fully saturated rings. The summed E-state index contributed by atoms with van der Waals surface area (Å²) < 4.78 is 0. The molecule has 0 aliphatic carbocycles. The quantitative estimate of drug-likeness (QED) is 0.686. The van der Waals surface area contributed by atoms with Gasteiger partial charge in [-0.05, 0) is 29.8 Å². The van der Waals surface area contributed by atoms with Crippen molar-refractivity contribution < 1.29 is 9.59 Å². The van der Waals surface area contributed by atoms with Crippen molar-refractivity contribution in [2.75, 3.05) is 31.1 Å².